The number of aryl methyl sites for hydroxylation is 3. The summed E-state index contributed by atoms with van der Waals surface area (Å²) in [4.78, 5) is 11.1. The molecule has 0 aliphatic rings. The number of aldehydes is 1. The highest BCUT2D eigenvalue weighted by Crippen LogP contribution is 2.43. The molecule has 1 heterocycles. The molecule has 224 valence electrons. The molecule has 41 heavy (non-hydrogen) atoms. The minimum Gasteiger partial charge on any atom is -0.453 e. The molecule has 0 bridgehead atoms. The SMILES string of the molecule is CCC(CC)(c1ccc(CCC(O[Si](C)(C)C(C)(C)C)C(C)(C)C)c(C)c1)c1ccc(-c2ccc(C=O)o2)c(C)c1. The molecule has 1 unspecified atom stereocenters. The summed E-state index contributed by atoms with van der Waals surface area (Å²) in [7, 11) is -1.86. The molecular weight excluding hydrogens is 520 g/mol. The summed E-state index contributed by atoms with van der Waals surface area (Å²) in [5, 5.41) is 0.199. The Bertz CT molecular complexity index is 1330. The van der Waals surface area contributed by atoms with Crippen LogP contribution in [-0.2, 0) is 16.3 Å². The van der Waals surface area contributed by atoms with E-state index in [1.165, 1.54) is 22.3 Å². The Morgan fingerprint density at radius 3 is 1.90 bits per heavy atom. The topological polar surface area (TPSA) is 39.4 Å². The monoisotopic (exact) mass is 574 g/mol. The average molecular weight is 575 g/mol. The first kappa shape index (κ1) is 33.1. The van der Waals surface area contributed by atoms with Crippen LogP contribution in [0, 0.1) is 19.3 Å². The minimum absolute atomic E-state index is 0.0664. The maximum atomic E-state index is 11.1. The molecule has 4 heteroatoms. The van der Waals surface area contributed by atoms with E-state index >= 15 is 0 Å². The van der Waals surface area contributed by atoms with Crippen LogP contribution in [0.15, 0.2) is 52.9 Å². The van der Waals surface area contributed by atoms with Crippen LogP contribution in [0.25, 0.3) is 11.3 Å². The van der Waals surface area contributed by atoms with Gasteiger partial charge in [0.1, 0.15) is 5.76 Å². The van der Waals surface area contributed by atoms with Gasteiger partial charge in [-0.05, 0) is 103 Å². The number of benzene rings is 2. The lowest BCUT2D eigenvalue weighted by molar-refractivity contribution is 0.0657. The van der Waals surface area contributed by atoms with Gasteiger partial charge in [-0.1, -0.05) is 91.8 Å². The zero-order valence-corrected chi connectivity index (χ0v) is 28.8. The normalized spacial score (nSPS) is 13.9. The molecule has 0 fully saturated rings. The van der Waals surface area contributed by atoms with Crippen molar-refractivity contribution in [3.63, 3.8) is 0 Å². The maximum Gasteiger partial charge on any atom is 0.192 e. The number of hydrogen-bond donors (Lipinski definition) is 0. The molecule has 1 atom stereocenters. The zero-order valence-electron chi connectivity index (χ0n) is 27.8. The lowest BCUT2D eigenvalue weighted by Crippen LogP contribution is -2.47. The van der Waals surface area contributed by atoms with Gasteiger partial charge in [0, 0.05) is 11.0 Å². The zero-order chi connectivity index (χ0) is 30.8. The number of carbonyl (C=O) groups excluding carboxylic acids is 1. The fourth-order valence-corrected chi connectivity index (χ4v) is 7.33. The Labute approximate surface area is 251 Å². The van der Waals surface area contributed by atoms with Crippen LogP contribution in [-0.4, -0.2) is 20.7 Å². The van der Waals surface area contributed by atoms with E-state index in [0.717, 1.165) is 48.9 Å². The Morgan fingerprint density at radius 2 is 1.44 bits per heavy atom. The Hall–Kier alpha value is -2.43. The molecule has 0 aliphatic carbocycles. The molecule has 3 rings (SSSR count). The van der Waals surface area contributed by atoms with Gasteiger partial charge >= 0.3 is 0 Å². The maximum absolute atomic E-state index is 11.1. The Balaban J connectivity index is 1.89. The summed E-state index contributed by atoms with van der Waals surface area (Å²) in [6.45, 7) is 27.7. The highest BCUT2D eigenvalue weighted by molar-refractivity contribution is 6.74. The van der Waals surface area contributed by atoms with Crippen molar-refractivity contribution in [1.82, 2.24) is 0 Å². The van der Waals surface area contributed by atoms with E-state index in [9.17, 15) is 4.79 Å². The van der Waals surface area contributed by atoms with E-state index < -0.39 is 8.32 Å². The molecule has 0 aliphatic heterocycles. The van der Waals surface area contributed by atoms with E-state index in [1.807, 2.05) is 6.07 Å². The van der Waals surface area contributed by atoms with Gasteiger partial charge in [-0.15, -0.1) is 0 Å². The first-order valence-corrected chi connectivity index (χ1v) is 18.3. The molecule has 0 saturated carbocycles. The van der Waals surface area contributed by atoms with E-state index in [1.54, 1.807) is 6.07 Å². The summed E-state index contributed by atoms with van der Waals surface area (Å²) >= 11 is 0. The smallest absolute Gasteiger partial charge is 0.192 e. The number of furan rings is 1. The fraction of sp³-hybridized carbons (Fsp3) is 0.541. The van der Waals surface area contributed by atoms with E-state index in [0.29, 0.717) is 5.76 Å². The predicted octanol–water partition coefficient (Wildman–Crippen LogP) is 10.9. The van der Waals surface area contributed by atoms with Crippen LogP contribution in [0.5, 0.6) is 0 Å². The van der Waals surface area contributed by atoms with E-state index in [2.05, 4.69) is 119 Å². The molecular formula is C37H54O3Si. The van der Waals surface area contributed by atoms with Gasteiger partial charge in [-0.25, -0.2) is 0 Å². The van der Waals surface area contributed by atoms with Gasteiger partial charge in [0.15, 0.2) is 20.4 Å². The fourth-order valence-electron chi connectivity index (χ4n) is 5.79. The largest absolute Gasteiger partial charge is 0.453 e. The van der Waals surface area contributed by atoms with Gasteiger partial charge in [0.2, 0.25) is 0 Å². The molecule has 0 N–H and O–H groups in total. The summed E-state index contributed by atoms with van der Waals surface area (Å²) in [6.07, 6.45) is 5.07. The van der Waals surface area contributed by atoms with Crippen molar-refractivity contribution in [1.29, 1.82) is 0 Å². The van der Waals surface area contributed by atoms with Crippen molar-refractivity contribution in [2.75, 3.05) is 0 Å². The van der Waals surface area contributed by atoms with Gasteiger partial charge in [0.25, 0.3) is 0 Å². The first-order valence-electron chi connectivity index (χ1n) is 15.4. The highest BCUT2D eigenvalue weighted by atomic mass is 28.4. The molecule has 2 aromatic carbocycles. The van der Waals surface area contributed by atoms with E-state index in [4.69, 9.17) is 8.84 Å². The molecule has 0 saturated heterocycles. The third kappa shape index (κ3) is 7.14. The second-order valence-electron chi connectivity index (χ2n) is 14.6. The van der Waals surface area contributed by atoms with Crippen molar-refractivity contribution in [2.24, 2.45) is 5.41 Å². The van der Waals surface area contributed by atoms with Gasteiger partial charge in [0.05, 0.1) is 6.10 Å². The molecule has 3 aromatic rings. The second-order valence-corrected chi connectivity index (χ2v) is 19.3. The van der Waals surface area contributed by atoms with Crippen LogP contribution in [0.1, 0.15) is 113 Å². The second kappa shape index (κ2) is 12.4. The van der Waals surface area contributed by atoms with Crippen molar-refractivity contribution >= 4 is 14.6 Å². The predicted molar refractivity (Wildman–Crippen MR) is 177 cm³/mol. The summed E-state index contributed by atoms with van der Waals surface area (Å²) in [5.41, 5.74) is 7.69. The average Bonchev–Trinajstić information content (AvgIpc) is 3.36. The minimum atomic E-state index is -1.86. The molecule has 1 aromatic heterocycles. The van der Waals surface area contributed by atoms with Crippen LogP contribution in [0.4, 0.5) is 0 Å². The lowest BCUT2D eigenvalue weighted by atomic mass is 9.69. The Kier molecular flexibility index (Phi) is 10.0. The Morgan fingerprint density at radius 1 is 0.854 bits per heavy atom. The molecule has 0 radical (unpaired) electrons. The van der Waals surface area contributed by atoms with Crippen molar-refractivity contribution in [3.05, 3.63) is 82.1 Å². The third-order valence-corrected chi connectivity index (χ3v) is 14.3. The quantitative estimate of drug-likeness (QED) is 0.169. The van der Waals surface area contributed by atoms with Gasteiger partial charge in [-0.2, -0.15) is 0 Å². The standard InChI is InChI=1S/C37H54O3Si/c1-13-37(14-2,30-18-20-32(27(4)24-30)33-21-19-31(25-38)39-33)29-17-15-28(26(3)23-29)16-22-34(35(5,6)7)40-41(11,12)36(8,9)10/h15,17-21,23-25,34H,13-14,16,22H2,1-12H3. The van der Waals surface area contributed by atoms with Crippen LogP contribution in [0.3, 0.4) is 0 Å². The first-order chi connectivity index (χ1) is 19.0. The summed E-state index contributed by atoms with van der Waals surface area (Å²) in [6, 6.07) is 17.5. The van der Waals surface area contributed by atoms with Crippen LogP contribution >= 0.6 is 0 Å². The number of carbonyl (C=O) groups is 1. The third-order valence-electron chi connectivity index (χ3n) is 9.77. The van der Waals surface area contributed by atoms with Crippen molar-refractivity contribution in [3.8, 4) is 11.3 Å². The van der Waals surface area contributed by atoms with E-state index in [-0.39, 0.29) is 22.0 Å². The highest BCUT2D eigenvalue weighted by Gasteiger charge is 2.41. The summed E-state index contributed by atoms with van der Waals surface area (Å²) in [5.74, 6) is 1.09. The summed E-state index contributed by atoms with van der Waals surface area (Å²) < 4.78 is 12.7. The van der Waals surface area contributed by atoms with Crippen molar-refractivity contribution < 1.29 is 13.6 Å². The molecule has 0 amide bonds. The van der Waals surface area contributed by atoms with Crippen LogP contribution in [0.2, 0.25) is 18.1 Å². The van der Waals surface area contributed by atoms with Crippen LogP contribution < -0.4 is 0 Å². The molecule has 3 nitrogen and oxygen atoms in total. The molecule has 0 spiro atoms. The number of rotatable bonds is 11. The van der Waals surface area contributed by atoms with Gasteiger partial charge < -0.3 is 8.84 Å². The van der Waals surface area contributed by atoms with Crippen molar-refractivity contribution in [2.45, 2.75) is 125 Å². The van der Waals surface area contributed by atoms with Gasteiger partial charge in [-0.3, -0.25) is 4.79 Å². The number of hydrogen-bond acceptors (Lipinski definition) is 3. The lowest BCUT2D eigenvalue weighted by Gasteiger charge is -2.43.